The first-order chi connectivity index (χ1) is 5.66. The number of hydrogen-bond donors (Lipinski definition) is 2. The van der Waals surface area contributed by atoms with Gasteiger partial charge in [-0.05, 0) is 0 Å². The Balaban J connectivity index is 3.26. The van der Waals surface area contributed by atoms with E-state index in [2.05, 4.69) is 9.72 Å². The predicted octanol–water partition coefficient (Wildman–Crippen LogP) is -0.256. The van der Waals surface area contributed by atoms with E-state index < -0.39 is 11.4 Å². The average Bonchev–Trinajstić information content (AvgIpc) is 2.08. The number of esters is 1. The Labute approximate surface area is 68.2 Å². The Kier molecular flexibility index (Phi) is 2.14. The SMILES string of the molecule is COC(=O)c1c[nH]cc(N)c1=O. The van der Waals surface area contributed by atoms with Crippen LogP contribution in [0.15, 0.2) is 17.2 Å². The lowest BCUT2D eigenvalue weighted by Gasteiger charge is -1.97. The second kappa shape index (κ2) is 3.08. The molecular formula is C7H8N2O3. The summed E-state index contributed by atoms with van der Waals surface area (Å²) in [5, 5.41) is 0. The number of nitrogens with two attached hydrogens (primary N) is 1. The molecule has 1 rings (SSSR count). The number of rotatable bonds is 1. The van der Waals surface area contributed by atoms with Gasteiger partial charge in [-0.25, -0.2) is 4.79 Å². The zero-order valence-electron chi connectivity index (χ0n) is 6.46. The molecule has 1 heterocycles. The first-order valence-corrected chi connectivity index (χ1v) is 3.21. The van der Waals surface area contributed by atoms with Gasteiger partial charge in [-0.15, -0.1) is 0 Å². The fourth-order valence-corrected chi connectivity index (χ4v) is 0.763. The number of ether oxygens (including phenoxy) is 1. The molecule has 0 atom stereocenters. The van der Waals surface area contributed by atoms with Gasteiger partial charge >= 0.3 is 5.97 Å². The molecule has 0 aliphatic rings. The van der Waals surface area contributed by atoms with Crippen molar-refractivity contribution in [1.82, 2.24) is 4.98 Å². The monoisotopic (exact) mass is 168 g/mol. The quantitative estimate of drug-likeness (QED) is 0.566. The van der Waals surface area contributed by atoms with E-state index >= 15 is 0 Å². The summed E-state index contributed by atoms with van der Waals surface area (Å²) in [5.74, 6) is -0.691. The molecule has 5 nitrogen and oxygen atoms in total. The predicted molar refractivity (Wildman–Crippen MR) is 42.8 cm³/mol. The van der Waals surface area contributed by atoms with Crippen LogP contribution >= 0.6 is 0 Å². The topological polar surface area (TPSA) is 85.2 Å². The maximum atomic E-state index is 11.1. The number of nitrogens with one attached hydrogen (secondary N) is 1. The molecule has 1 aromatic heterocycles. The molecule has 0 amide bonds. The smallest absolute Gasteiger partial charge is 0.343 e. The van der Waals surface area contributed by atoms with Crippen LogP contribution in [0.4, 0.5) is 5.69 Å². The van der Waals surface area contributed by atoms with Gasteiger partial charge in [0.1, 0.15) is 5.56 Å². The number of aromatic amines is 1. The van der Waals surface area contributed by atoms with E-state index in [4.69, 9.17) is 5.73 Å². The summed E-state index contributed by atoms with van der Waals surface area (Å²) in [5.41, 5.74) is 4.66. The number of H-pyrrole nitrogens is 1. The summed E-state index contributed by atoms with van der Waals surface area (Å²) < 4.78 is 4.36. The number of aromatic nitrogens is 1. The van der Waals surface area contributed by atoms with Gasteiger partial charge in [0, 0.05) is 12.4 Å². The van der Waals surface area contributed by atoms with E-state index in [0.29, 0.717) is 0 Å². The molecule has 0 aromatic carbocycles. The highest BCUT2D eigenvalue weighted by atomic mass is 16.5. The fraction of sp³-hybridized carbons (Fsp3) is 0.143. The largest absolute Gasteiger partial charge is 0.465 e. The Hall–Kier alpha value is -1.78. The number of nitrogen functional groups attached to an aromatic ring is 1. The summed E-state index contributed by atoms with van der Waals surface area (Å²) >= 11 is 0. The Morgan fingerprint density at radius 3 is 2.83 bits per heavy atom. The van der Waals surface area contributed by atoms with E-state index in [-0.39, 0.29) is 11.3 Å². The highest BCUT2D eigenvalue weighted by molar-refractivity contribution is 5.89. The lowest BCUT2D eigenvalue weighted by Crippen LogP contribution is -2.19. The summed E-state index contributed by atoms with van der Waals surface area (Å²) in [6.07, 6.45) is 2.57. The van der Waals surface area contributed by atoms with Crippen LogP contribution in [0.5, 0.6) is 0 Å². The van der Waals surface area contributed by atoms with E-state index in [1.165, 1.54) is 19.5 Å². The average molecular weight is 168 g/mol. The molecule has 0 fully saturated rings. The number of anilines is 1. The standard InChI is InChI=1S/C7H8N2O3/c1-12-7(11)4-2-9-3-5(8)6(4)10/h2-3H,8H2,1H3,(H,9,10). The van der Waals surface area contributed by atoms with E-state index in [9.17, 15) is 9.59 Å². The first-order valence-electron chi connectivity index (χ1n) is 3.21. The second-order valence-electron chi connectivity index (χ2n) is 2.15. The molecular weight excluding hydrogens is 160 g/mol. The fourth-order valence-electron chi connectivity index (χ4n) is 0.763. The number of carbonyl (C=O) groups is 1. The van der Waals surface area contributed by atoms with Crippen LogP contribution in [0, 0.1) is 0 Å². The van der Waals surface area contributed by atoms with Gasteiger partial charge in [0.25, 0.3) is 0 Å². The molecule has 5 heteroatoms. The van der Waals surface area contributed by atoms with Crippen molar-refractivity contribution >= 4 is 11.7 Å². The van der Waals surface area contributed by atoms with E-state index in [0.717, 1.165) is 0 Å². The molecule has 0 bridgehead atoms. The molecule has 0 spiro atoms. The normalized spacial score (nSPS) is 9.42. The zero-order chi connectivity index (χ0) is 9.14. The molecule has 64 valence electrons. The summed E-state index contributed by atoms with van der Waals surface area (Å²) in [4.78, 5) is 24.6. The first kappa shape index (κ1) is 8.32. The lowest BCUT2D eigenvalue weighted by atomic mass is 10.2. The van der Waals surface area contributed by atoms with E-state index in [1.807, 2.05) is 0 Å². The Morgan fingerprint density at radius 2 is 2.25 bits per heavy atom. The Morgan fingerprint density at radius 1 is 1.58 bits per heavy atom. The third-order valence-corrected chi connectivity index (χ3v) is 1.38. The molecule has 0 unspecified atom stereocenters. The van der Waals surface area contributed by atoms with Crippen molar-refractivity contribution < 1.29 is 9.53 Å². The molecule has 12 heavy (non-hydrogen) atoms. The minimum Gasteiger partial charge on any atom is -0.465 e. The van der Waals surface area contributed by atoms with Crippen LogP contribution in [-0.4, -0.2) is 18.1 Å². The maximum Gasteiger partial charge on any atom is 0.343 e. The van der Waals surface area contributed by atoms with Crippen molar-refractivity contribution in [3.05, 3.63) is 28.2 Å². The van der Waals surface area contributed by atoms with Crippen LogP contribution < -0.4 is 11.2 Å². The molecule has 0 radical (unpaired) electrons. The van der Waals surface area contributed by atoms with Crippen LogP contribution in [0.2, 0.25) is 0 Å². The molecule has 1 aromatic rings. The molecule has 0 aliphatic carbocycles. The minimum atomic E-state index is -0.691. The Bertz CT molecular complexity index is 356. The third kappa shape index (κ3) is 1.29. The van der Waals surface area contributed by atoms with Gasteiger partial charge in [-0.3, -0.25) is 4.79 Å². The van der Waals surface area contributed by atoms with Crippen molar-refractivity contribution in [3.63, 3.8) is 0 Å². The zero-order valence-corrected chi connectivity index (χ0v) is 6.46. The molecule has 0 saturated carbocycles. The van der Waals surface area contributed by atoms with Crippen LogP contribution in [0.3, 0.4) is 0 Å². The van der Waals surface area contributed by atoms with Crippen LogP contribution in [0.25, 0.3) is 0 Å². The highest BCUT2D eigenvalue weighted by Crippen LogP contribution is 1.95. The second-order valence-corrected chi connectivity index (χ2v) is 2.15. The highest BCUT2D eigenvalue weighted by Gasteiger charge is 2.10. The molecule has 0 aliphatic heterocycles. The number of methoxy groups -OCH3 is 1. The van der Waals surface area contributed by atoms with Gasteiger partial charge in [-0.2, -0.15) is 0 Å². The van der Waals surface area contributed by atoms with Crippen molar-refractivity contribution in [3.8, 4) is 0 Å². The van der Waals surface area contributed by atoms with Crippen LogP contribution in [0.1, 0.15) is 10.4 Å². The van der Waals surface area contributed by atoms with Gasteiger partial charge in [0.15, 0.2) is 0 Å². The molecule has 3 N–H and O–H groups in total. The number of carbonyl (C=O) groups excluding carboxylic acids is 1. The lowest BCUT2D eigenvalue weighted by molar-refractivity contribution is 0.0599. The van der Waals surface area contributed by atoms with Crippen molar-refractivity contribution in [2.75, 3.05) is 12.8 Å². The van der Waals surface area contributed by atoms with Gasteiger partial charge in [-0.1, -0.05) is 0 Å². The van der Waals surface area contributed by atoms with Gasteiger partial charge in [0.05, 0.1) is 12.8 Å². The number of pyridine rings is 1. The van der Waals surface area contributed by atoms with Crippen molar-refractivity contribution in [1.29, 1.82) is 0 Å². The molecule has 0 saturated heterocycles. The van der Waals surface area contributed by atoms with Crippen molar-refractivity contribution in [2.24, 2.45) is 0 Å². The van der Waals surface area contributed by atoms with Crippen molar-refractivity contribution in [2.45, 2.75) is 0 Å². The third-order valence-electron chi connectivity index (χ3n) is 1.38. The number of hydrogen-bond acceptors (Lipinski definition) is 4. The maximum absolute atomic E-state index is 11.1. The van der Waals surface area contributed by atoms with Crippen LogP contribution in [-0.2, 0) is 4.74 Å². The van der Waals surface area contributed by atoms with E-state index in [1.54, 1.807) is 0 Å². The summed E-state index contributed by atoms with van der Waals surface area (Å²) in [6.45, 7) is 0. The summed E-state index contributed by atoms with van der Waals surface area (Å²) in [6, 6.07) is 0. The van der Waals surface area contributed by atoms with Gasteiger partial charge in [0.2, 0.25) is 5.43 Å². The minimum absolute atomic E-state index is 0.00194. The van der Waals surface area contributed by atoms with Gasteiger partial charge < -0.3 is 15.5 Å². The summed E-state index contributed by atoms with van der Waals surface area (Å²) in [7, 11) is 1.20.